The molecule has 1 atom stereocenters. The van der Waals surface area contributed by atoms with E-state index in [2.05, 4.69) is 4.90 Å². The monoisotopic (exact) mass is 450 g/mol. The summed E-state index contributed by atoms with van der Waals surface area (Å²) in [7, 11) is -2.56. The summed E-state index contributed by atoms with van der Waals surface area (Å²) in [5, 5.41) is 9.49. The Morgan fingerprint density at radius 3 is 2.63 bits per heavy atom. The van der Waals surface area contributed by atoms with E-state index in [0.717, 1.165) is 21.6 Å². The Hall–Kier alpha value is -1.78. The zero-order valence-corrected chi connectivity index (χ0v) is 18.8. The average molecular weight is 451 g/mol. The maximum Gasteiger partial charge on any atom is 0.340 e. The first-order chi connectivity index (χ1) is 14.4. The third-order valence-electron chi connectivity index (χ3n) is 6.00. The molecule has 0 aliphatic carbocycles. The molecule has 1 aromatic heterocycles. The molecule has 0 fully saturated rings. The van der Waals surface area contributed by atoms with Gasteiger partial charge in [0.2, 0.25) is 0 Å². The Kier molecular flexibility index (Phi) is 6.00. The summed E-state index contributed by atoms with van der Waals surface area (Å²) < 4.78 is 33.7. The number of carbonyl (C=O) groups is 1. The maximum absolute atomic E-state index is 13.6. The van der Waals surface area contributed by atoms with Gasteiger partial charge in [0.25, 0.3) is 10.0 Å². The summed E-state index contributed by atoms with van der Waals surface area (Å²) >= 11 is 1.17. The standard InChI is InChI=1S/C21H26N2O5S2/c1-14(13-24)22-9-8-17-18(12-22)29-21(19(17)20(25)28-2)30(26,27)23-10-7-15-5-3-4-6-16(15)11-23/h3-6,14,24H,7-13H2,1-2H3/t14-/m0/s1. The van der Waals surface area contributed by atoms with E-state index in [9.17, 15) is 18.3 Å². The number of carbonyl (C=O) groups excluding carboxylic acids is 1. The van der Waals surface area contributed by atoms with E-state index in [1.54, 1.807) is 0 Å². The lowest BCUT2D eigenvalue weighted by molar-refractivity contribution is 0.0594. The molecule has 1 N–H and O–H groups in total. The highest BCUT2D eigenvalue weighted by Gasteiger charge is 2.38. The van der Waals surface area contributed by atoms with Crippen molar-refractivity contribution in [3.8, 4) is 0 Å². The van der Waals surface area contributed by atoms with Crippen LogP contribution in [0.2, 0.25) is 0 Å². The van der Waals surface area contributed by atoms with Crippen LogP contribution < -0.4 is 0 Å². The van der Waals surface area contributed by atoms with Gasteiger partial charge in [-0.15, -0.1) is 11.3 Å². The number of ether oxygens (including phenoxy) is 1. The molecule has 2 aromatic rings. The Morgan fingerprint density at radius 2 is 1.93 bits per heavy atom. The lowest BCUT2D eigenvalue weighted by Gasteiger charge is -2.31. The lowest BCUT2D eigenvalue weighted by atomic mass is 10.0. The van der Waals surface area contributed by atoms with Crippen molar-refractivity contribution in [1.29, 1.82) is 0 Å². The number of aliphatic hydroxyl groups is 1. The molecule has 162 valence electrons. The van der Waals surface area contributed by atoms with Crippen molar-refractivity contribution in [3.05, 3.63) is 51.4 Å². The number of thiophene rings is 1. The molecule has 2 aliphatic heterocycles. The number of aliphatic hydroxyl groups excluding tert-OH is 1. The van der Waals surface area contributed by atoms with Crippen LogP contribution in [0, 0.1) is 0 Å². The van der Waals surface area contributed by atoms with Gasteiger partial charge in [0.15, 0.2) is 0 Å². The second-order valence-corrected chi connectivity index (χ2v) is 11.0. The van der Waals surface area contributed by atoms with Gasteiger partial charge < -0.3 is 9.84 Å². The minimum Gasteiger partial charge on any atom is -0.465 e. The molecular formula is C21H26N2O5S2. The number of hydrogen-bond acceptors (Lipinski definition) is 7. The predicted octanol–water partition coefficient (Wildman–Crippen LogP) is 2.02. The zero-order chi connectivity index (χ0) is 21.5. The van der Waals surface area contributed by atoms with E-state index in [-0.39, 0.29) is 22.4 Å². The van der Waals surface area contributed by atoms with Gasteiger partial charge >= 0.3 is 5.97 Å². The number of rotatable bonds is 5. The van der Waals surface area contributed by atoms with Crippen molar-refractivity contribution in [2.24, 2.45) is 0 Å². The number of sulfonamides is 1. The van der Waals surface area contributed by atoms with E-state index >= 15 is 0 Å². The van der Waals surface area contributed by atoms with Gasteiger partial charge in [-0.3, -0.25) is 4.90 Å². The van der Waals surface area contributed by atoms with Crippen molar-refractivity contribution in [2.75, 3.05) is 26.8 Å². The molecule has 7 nitrogen and oxygen atoms in total. The van der Waals surface area contributed by atoms with Crippen LogP contribution in [0.3, 0.4) is 0 Å². The number of fused-ring (bicyclic) bond motifs is 2. The van der Waals surface area contributed by atoms with Crippen LogP contribution in [0.1, 0.15) is 38.8 Å². The van der Waals surface area contributed by atoms with E-state index in [4.69, 9.17) is 4.74 Å². The first-order valence-electron chi connectivity index (χ1n) is 10.0. The van der Waals surface area contributed by atoms with Crippen molar-refractivity contribution in [3.63, 3.8) is 0 Å². The Morgan fingerprint density at radius 1 is 1.20 bits per heavy atom. The third kappa shape index (κ3) is 3.69. The second kappa shape index (κ2) is 8.39. The number of methoxy groups -OCH3 is 1. The van der Waals surface area contributed by atoms with Gasteiger partial charge in [-0.1, -0.05) is 24.3 Å². The first kappa shape index (κ1) is 21.5. The molecule has 0 saturated heterocycles. The molecule has 0 radical (unpaired) electrons. The first-order valence-corrected chi connectivity index (χ1v) is 12.3. The topological polar surface area (TPSA) is 87.2 Å². The Balaban J connectivity index is 1.73. The lowest BCUT2D eigenvalue weighted by Crippen LogP contribution is -2.39. The molecule has 0 unspecified atom stereocenters. The average Bonchev–Trinajstić information content (AvgIpc) is 3.17. The maximum atomic E-state index is 13.6. The fourth-order valence-electron chi connectivity index (χ4n) is 4.17. The van der Waals surface area contributed by atoms with Crippen LogP contribution in [0.4, 0.5) is 0 Å². The molecule has 1 aromatic carbocycles. The second-order valence-electron chi connectivity index (χ2n) is 7.77. The molecule has 4 rings (SSSR count). The zero-order valence-electron chi connectivity index (χ0n) is 17.1. The molecule has 9 heteroatoms. The number of esters is 1. The van der Waals surface area contributed by atoms with Crippen LogP contribution in [0.5, 0.6) is 0 Å². The van der Waals surface area contributed by atoms with Crippen molar-refractivity contribution in [2.45, 2.75) is 43.1 Å². The molecule has 3 heterocycles. The Bertz CT molecular complexity index is 1060. The molecule has 30 heavy (non-hydrogen) atoms. The summed E-state index contributed by atoms with van der Waals surface area (Å²) in [6, 6.07) is 7.83. The normalized spacial score (nSPS) is 18.5. The minimum absolute atomic E-state index is 0.0273. The van der Waals surface area contributed by atoms with Gasteiger partial charge in [-0.05, 0) is 36.5 Å². The summed E-state index contributed by atoms with van der Waals surface area (Å²) in [6.45, 7) is 3.83. The fraction of sp³-hybridized carbons (Fsp3) is 0.476. The van der Waals surface area contributed by atoms with Gasteiger partial charge in [0.1, 0.15) is 4.21 Å². The summed E-state index contributed by atoms with van der Waals surface area (Å²) in [4.78, 5) is 15.6. The summed E-state index contributed by atoms with van der Waals surface area (Å²) in [6.07, 6.45) is 1.20. The van der Waals surface area contributed by atoms with E-state index in [0.29, 0.717) is 39.0 Å². The smallest absolute Gasteiger partial charge is 0.340 e. The molecule has 0 spiro atoms. The molecular weight excluding hydrogens is 424 g/mol. The van der Waals surface area contributed by atoms with Gasteiger partial charge in [0, 0.05) is 37.1 Å². The third-order valence-corrected chi connectivity index (χ3v) is 9.56. The number of hydrogen-bond donors (Lipinski definition) is 1. The van der Waals surface area contributed by atoms with Gasteiger partial charge in [-0.25, -0.2) is 13.2 Å². The highest BCUT2D eigenvalue weighted by Crippen LogP contribution is 2.39. The van der Waals surface area contributed by atoms with Gasteiger partial charge in [0.05, 0.1) is 19.3 Å². The molecule has 0 saturated carbocycles. The predicted molar refractivity (Wildman–Crippen MR) is 114 cm³/mol. The van der Waals surface area contributed by atoms with Crippen LogP contribution in [-0.2, 0) is 40.7 Å². The molecule has 0 amide bonds. The van der Waals surface area contributed by atoms with Crippen LogP contribution in [0.15, 0.2) is 28.5 Å². The van der Waals surface area contributed by atoms with E-state index in [1.807, 2.05) is 31.2 Å². The number of benzene rings is 1. The summed E-state index contributed by atoms with van der Waals surface area (Å²) in [5.74, 6) is -0.604. The SMILES string of the molecule is COC(=O)c1c(S(=O)(=O)N2CCc3ccccc3C2)sc2c1CCN([C@@H](C)CO)C2. The fourth-order valence-corrected chi connectivity index (χ4v) is 7.64. The number of nitrogens with zero attached hydrogens (tertiary/aromatic N) is 2. The highest BCUT2D eigenvalue weighted by molar-refractivity contribution is 7.91. The summed E-state index contributed by atoms with van der Waals surface area (Å²) in [5.41, 5.74) is 3.12. The molecule has 2 aliphatic rings. The van der Waals surface area contributed by atoms with Crippen molar-refractivity contribution in [1.82, 2.24) is 9.21 Å². The molecule has 0 bridgehead atoms. The van der Waals surface area contributed by atoms with E-state index in [1.165, 1.54) is 22.8 Å². The van der Waals surface area contributed by atoms with Crippen molar-refractivity contribution < 1.29 is 23.1 Å². The van der Waals surface area contributed by atoms with Gasteiger partial charge in [-0.2, -0.15) is 4.31 Å². The highest BCUT2D eigenvalue weighted by atomic mass is 32.2. The quantitative estimate of drug-likeness (QED) is 0.702. The van der Waals surface area contributed by atoms with Crippen LogP contribution >= 0.6 is 11.3 Å². The van der Waals surface area contributed by atoms with Crippen LogP contribution in [-0.4, -0.2) is 61.5 Å². The Labute approximate surface area is 180 Å². The van der Waals surface area contributed by atoms with E-state index < -0.39 is 16.0 Å². The van der Waals surface area contributed by atoms with Crippen LogP contribution in [0.25, 0.3) is 0 Å². The largest absolute Gasteiger partial charge is 0.465 e. The minimum atomic E-state index is -3.84. The van der Waals surface area contributed by atoms with Crippen molar-refractivity contribution >= 4 is 27.3 Å².